The Hall–Kier alpha value is -0.920. The van der Waals surface area contributed by atoms with Crippen molar-refractivity contribution in [2.24, 2.45) is 0 Å². The average Bonchev–Trinajstić information content (AvgIpc) is 1.50. The molecule has 1 nitrogen and oxygen atoms in total. The monoisotopic (exact) mass is 70.0 g/mol. The molecule has 0 aliphatic carbocycles. The van der Waals surface area contributed by atoms with E-state index in [1.807, 2.05) is 0 Å². The van der Waals surface area contributed by atoms with Gasteiger partial charge < -0.3 is 5.48 Å². The van der Waals surface area contributed by atoms with Crippen LogP contribution in [0.2, 0.25) is 0 Å². The second kappa shape index (κ2) is 15.7. The Balaban J connectivity index is -0.0000000133. The van der Waals surface area contributed by atoms with E-state index in [1.165, 1.54) is 0 Å². The molecular formula is C4H6O. The molecule has 0 amide bonds. The summed E-state index contributed by atoms with van der Waals surface area (Å²) in [5.41, 5.74) is 0. The lowest BCUT2D eigenvalue weighted by molar-refractivity contribution is 0.824. The number of hydrogen-bond donors (Lipinski definition) is 0. The highest BCUT2D eigenvalue weighted by Gasteiger charge is 0.456. The first kappa shape index (κ1) is 33.2. The lowest BCUT2D eigenvalue weighted by atomic mass is 11.4. The first-order valence-electron chi connectivity index (χ1n) is 0.667. The van der Waals surface area contributed by atoms with Crippen LogP contribution in [0.25, 0.3) is 0 Å². The molecule has 0 bridgehead atoms. The smallest absolute Gasteiger partial charge is 0.124 e. The van der Waals surface area contributed by atoms with E-state index in [2.05, 4.69) is 25.7 Å². The summed E-state index contributed by atoms with van der Waals surface area (Å²) in [5.74, 6) is 0. The number of terminal acetylenes is 2. The second-order valence-electron chi connectivity index (χ2n) is 0. The minimum Gasteiger partial charge on any atom is -0.412 e. The molecule has 0 fully saturated rings. The second-order valence-corrected chi connectivity index (χ2v) is 0. The van der Waals surface area contributed by atoms with Crippen molar-refractivity contribution in [1.82, 2.24) is 0 Å². The van der Waals surface area contributed by atoms with E-state index in [0.717, 1.165) is 0 Å². The zero-order chi connectivity index (χ0) is 4.00. The van der Waals surface area contributed by atoms with Gasteiger partial charge in [-0.2, -0.15) is 0 Å². The Morgan fingerprint density at radius 2 is 0.600 bits per heavy atom. The third-order valence-electron chi connectivity index (χ3n) is 0. The first-order valence-corrected chi connectivity index (χ1v) is 0.667. The molecule has 0 aromatic carbocycles. The summed E-state index contributed by atoms with van der Waals surface area (Å²) in [4.78, 5) is 0. The molecule has 0 aromatic rings. The zero-order valence-electron chi connectivity index (χ0n) is 2.81. The summed E-state index contributed by atoms with van der Waals surface area (Å²) < 4.78 is 0. The summed E-state index contributed by atoms with van der Waals surface area (Å²) in [5, 5.41) is 0. The van der Waals surface area contributed by atoms with Crippen LogP contribution in [0.3, 0.4) is 0 Å². The van der Waals surface area contributed by atoms with Gasteiger partial charge in [-0.25, -0.2) is 0 Å². The maximum atomic E-state index is 4.00. The van der Waals surface area contributed by atoms with Gasteiger partial charge in [-0.3, -0.25) is 0 Å². The van der Waals surface area contributed by atoms with Gasteiger partial charge in [0, 0.05) is 0 Å². The van der Waals surface area contributed by atoms with Crippen molar-refractivity contribution in [2.45, 2.75) is 0 Å². The van der Waals surface area contributed by atoms with E-state index >= 15 is 0 Å². The normalized spacial score (nSPS) is 0.800. The SMILES string of the molecule is C#C.C#C.O. The fourth-order valence-electron chi connectivity index (χ4n) is 0. The summed E-state index contributed by atoms with van der Waals surface area (Å²) in [7, 11) is 0. The fraction of sp³-hybridized carbons (Fsp3) is 0. The molecule has 0 spiro atoms. The molecule has 0 aromatic heterocycles. The summed E-state index contributed by atoms with van der Waals surface area (Å²) in [6, 6.07) is 0. The Morgan fingerprint density at radius 3 is 0.600 bits per heavy atom. The van der Waals surface area contributed by atoms with E-state index in [4.69, 9.17) is 0 Å². The Morgan fingerprint density at radius 1 is 0.600 bits per heavy atom. The van der Waals surface area contributed by atoms with Gasteiger partial charge in [0.2, 0.25) is 0 Å². The summed E-state index contributed by atoms with van der Waals surface area (Å²) in [6.45, 7) is 0. The van der Waals surface area contributed by atoms with Crippen LogP contribution in [0.15, 0.2) is 0 Å². The molecule has 0 atom stereocenters. The van der Waals surface area contributed by atoms with E-state index in [-0.39, 0.29) is 5.48 Å². The molecule has 0 rings (SSSR count). The molecule has 0 unspecified atom stereocenters. The maximum Gasteiger partial charge on any atom is -0.124 e. The molecule has 28 valence electrons. The molecule has 0 saturated heterocycles. The van der Waals surface area contributed by atoms with Gasteiger partial charge in [0.1, 0.15) is 0 Å². The van der Waals surface area contributed by atoms with Crippen LogP contribution in [-0.4, -0.2) is 5.48 Å². The molecular weight excluding hydrogens is 64.0 g/mol. The van der Waals surface area contributed by atoms with Crippen LogP contribution in [0, 0.1) is 25.7 Å². The highest BCUT2D eigenvalue weighted by atomic mass is 16.0. The van der Waals surface area contributed by atoms with Gasteiger partial charge in [-0.15, -0.1) is 25.7 Å². The van der Waals surface area contributed by atoms with E-state index in [9.17, 15) is 0 Å². The van der Waals surface area contributed by atoms with E-state index in [1.54, 1.807) is 0 Å². The summed E-state index contributed by atoms with van der Waals surface area (Å²) in [6.07, 6.45) is 16.0. The van der Waals surface area contributed by atoms with Gasteiger partial charge in [0.15, 0.2) is 0 Å². The van der Waals surface area contributed by atoms with Gasteiger partial charge >= 0.3 is 0 Å². The third kappa shape index (κ3) is 4.24. The van der Waals surface area contributed by atoms with Crippen LogP contribution in [0.4, 0.5) is 0 Å². The Bertz CT molecular complexity index is 19.1. The molecule has 0 saturated carbocycles. The van der Waals surface area contributed by atoms with Gasteiger partial charge in [-0.1, -0.05) is 0 Å². The zero-order valence-corrected chi connectivity index (χ0v) is 2.81. The van der Waals surface area contributed by atoms with Gasteiger partial charge in [0.05, 0.1) is 0 Å². The molecule has 0 radical (unpaired) electrons. The highest BCUT2D eigenvalue weighted by molar-refractivity contribution is 4.47. The quantitative estimate of drug-likeness (QED) is 0.350. The minimum absolute atomic E-state index is 0. The van der Waals surface area contributed by atoms with Gasteiger partial charge in [-0.05, 0) is 0 Å². The Labute approximate surface area is 32.3 Å². The van der Waals surface area contributed by atoms with Crippen molar-refractivity contribution < 1.29 is 5.48 Å². The van der Waals surface area contributed by atoms with Crippen LogP contribution < -0.4 is 0 Å². The van der Waals surface area contributed by atoms with Crippen molar-refractivity contribution in [1.29, 1.82) is 0 Å². The van der Waals surface area contributed by atoms with Crippen molar-refractivity contribution in [3.63, 3.8) is 0 Å². The molecule has 0 aliphatic rings. The molecule has 0 aliphatic heterocycles. The molecule has 2 N–H and O–H groups in total. The maximum absolute atomic E-state index is 4.00. The average molecular weight is 70.1 g/mol. The molecule has 0 heterocycles. The van der Waals surface area contributed by atoms with Crippen molar-refractivity contribution in [3.8, 4) is 25.7 Å². The molecule has 1 heteroatoms. The third-order valence-corrected chi connectivity index (χ3v) is 0. The number of rotatable bonds is 0. The topological polar surface area (TPSA) is 31.5 Å². The lowest BCUT2D eigenvalue weighted by Crippen LogP contribution is -0.576. The Kier molecular flexibility index (Phi) is 104. The van der Waals surface area contributed by atoms with Crippen molar-refractivity contribution in [3.05, 3.63) is 0 Å². The predicted octanol–water partition coefficient (Wildman–Crippen LogP) is -0.326. The lowest BCUT2D eigenvalue weighted by Gasteiger charge is -0.701. The standard InChI is InChI=1S/2C2H2.H2O/c2*1-2;/h2*1-2H;1H2. The minimum atomic E-state index is 0. The van der Waals surface area contributed by atoms with Crippen molar-refractivity contribution >= 4 is 0 Å². The fourth-order valence-corrected chi connectivity index (χ4v) is 0. The van der Waals surface area contributed by atoms with Gasteiger partial charge in [0.25, 0.3) is 0 Å². The van der Waals surface area contributed by atoms with Crippen LogP contribution in [0.1, 0.15) is 0 Å². The van der Waals surface area contributed by atoms with Crippen LogP contribution in [0.5, 0.6) is 0 Å². The number of hydrogen-bond acceptors (Lipinski definition) is 0. The van der Waals surface area contributed by atoms with E-state index < -0.39 is 0 Å². The molecule has 5 heavy (non-hydrogen) atoms. The highest BCUT2D eigenvalue weighted by Crippen LogP contribution is 0.581. The summed E-state index contributed by atoms with van der Waals surface area (Å²) >= 11 is 0. The van der Waals surface area contributed by atoms with Crippen LogP contribution in [-0.2, 0) is 0 Å². The van der Waals surface area contributed by atoms with Crippen LogP contribution >= 0.6 is 0 Å². The van der Waals surface area contributed by atoms with Crippen molar-refractivity contribution in [2.75, 3.05) is 0 Å². The first-order chi connectivity index (χ1) is 2.00. The predicted molar refractivity (Wildman–Crippen MR) is 23.4 cm³/mol. The van der Waals surface area contributed by atoms with E-state index in [0.29, 0.717) is 0 Å². The largest absolute Gasteiger partial charge is 0.412 e.